The number of halogens is 2. The van der Waals surface area contributed by atoms with Gasteiger partial charge in [-0.1, -0.05) is 23.2 Å². The van der Waals surface area contributed by atoms with Gasteiger partial charge in [0.15, 0.2) is 0 Å². The van der Waals surface area contributed by atoms with Crippen molar-refractivity contribution < 1.29 is 4.79 Å². The van der Waals surface area contributed by atoms with Crippen LogP contribution >= 0.6 is 35.1 Å². The number of amides is 1. The van der Waals surface area contributed by atoms with Crippen LogP contribution in [0.3, 0.4) is 0 Å². The average Bonchev–Trinajstić information content (AvgIpc) is 2.42. The number of hydrogen-bond acceptors (Lipinski definition) is 3. The number of carbonyl (C=O) groups excluding carboxylic acids is 1. The monoisotopic (exact) mass is 312 g/mol. The predicted molar refractivity (Wildman–Crippen MR) is 82.1 cm³/mol. The summed E-state index contributed by atoms with van der Waals surface area (Å²) >= 11 is 13.2. The summed E-state index contributed by atoms with van der Waals surface area (Å²) in [4.78, 5) is 11.3. The SMILES string of the molecule is O=CNc1ccc(SNc2ccc(Cl)c(Cl)c2)cc1. The molecule has 0 bridgehead atoms. The van der Waals surface area contributed by atoms with Crippen LogP contribution in [0.4, 0.5) is 11.4 Å². The maximum absolute atomic E-state index is 10.3. The molecule has 0 radical (unpaired) electrons. The van der Waals surface area contributed by atoms with Crippen molar-refractivity contribution in [3.63, 3.8) is 0 Å². The van der Waals surface area contributed by atoms with Gasteiger partial charge in [0.1, 0.15) is 0 Å². The Morgan fingerprint density at radius 3 is 2.26 bits per heavy atom. The summed E-state index contributed by atoms with van der Waals surface area (Å²) in [6.45, 7) is 0. The molecule has 0 saturated heterocycles. The molecular formula is C13H10Cl2N2OS. The van der Waals surface area contributed by atoms with E-state index < -0.39 is 0 Å². The molecule has 0 aromatic heterocycles. The van der Waals surface area contributed by atoms with Crippen LogP contribution < -0.4 is 10.0 Å². The standard InChI is InChI=1S/C13H10Cl2N2OS/c14-12-6-3-10(7-13(12)15)17-19-11-4-1-9(2-5-11)16-8-18/h1-8,17H,(H,16,18). The number of nitrogens with one attached hydrogen (secondary N) is 2. The highest BCUT2D eigenvalue weighted by Gasteiger charge is 2.00. The van der Waals surface area contributed by atoms with Crippen LogP contribution in [-0.4, -0.2) is 6.41 Å². The van der Waals surface area contributed by atoms with E-state index in [-0.39, 0.29) is 0 Å². The van der Waals surface area contributed by atoms with Gasteiger partial charge in [-0.25, -0.2) is 0 Å². The highest BCUT2D eigenvalue weighted by Crippen LogP contribution is 2.28. The third kappa shape index (κ3) is 4.06. The fourth-order valence-electron chi connectivity index (χ4n) is 1.36. The second-order valence-electron chi connectivity index (χ2n) is 3.62. The molecule has 1 amide bonds. The minimum Gasteiger partial charge on any atom is -0.329 e. The minimum atomic E-state index is 0.512. The first-order valence-electron chi connectivity index (χ1n) is 5.37. The lowest BCUT2D eigenvalue weighted by molar-refractivity contribution is -0.105. The fourth-order valence-corrected chi connectivity index (χ4v) is 2.30. The maximum atomic E-state index is 10.3. The molecule has 0 fully saturated rings. The van der Waals surface area contributed by atoms with E-state index in [1.54, 1.807) is 12.1 Å². The van der Waals surface area contributed by atoms with Crippen LogP contribution in [0.25, 0.3) is 0 Å². The summed E-state index contributed by atoms with van der Waals surface area (Å²) in [7, 11) is 0. The van der Waals surface area contributed by atoms with Crippen LogP contribution in [0, 0.1) is 0 Å². The Balaban J connectivity index is 1.97. The third-order valence-electron chi connectivity index (χ3n) is 2.29. The first-order chi connectivity index (χ1) is 9.19. The molecule has 0 aliphatic carbocycles. The second kappa shape index (κ2) is 6.70. The molecule has 0 spiro atoms. The lowest BCUT2D eigenvalue weighted by Gasteiger charge is -2.07. The van der Waals surface area contributed by atoms with Gasteiger partial charge in [0.25, 0.3) is 0 Å². The first-order valence-corrected chi connectivity index (χ1v) is 6.94. The third-order valence-corrected chi connectivity index (χ3v) is 3.87. The van der Waals surface area contributed by atoms with Crippen molar-refractivity contribution in [1.29, 1.82) is 0 Å². The van der Waals surface area contributed by atoms with Crippen molar-refractivity contribution in [2.75, 3.05) is 10.0 Å². The van der Waals surface area contributed by atoms with Gasteiger partial charge in [0, 0.05) is 16.3 Å². The average molecular weight is 313 g/mol. The van der Waals surface area contributed by atoms with Crippen molar-refractivity contribution in [1.82, 2.24) is 0 Å². The Kier molecular flexibility index (Phi) is 4.96. The zero-order valence-electron chi connectivity index (χ0n) is 9.69. The van der Waals surface area contributed by atoms with E-state index in [0.29, 0.717) is 16.5 Å². The van der Waals surface area contributed by atoms with E-state index in [1.807, 2.05) is 30.3 Å². The molecule has 0 heterocycles. The topological polar surface area (TPSA) is 41.1 Å². The molecule has 19 heavy (non-hydrogen) atoms. The van der Waals surface area contributed by atoms with Crippen LogP contribution in [0.2, 0.25) is 10.0 Å². The number of carbonyl (C=O) groups is 1. The maximum Gasteiger partial charge on any atom is 0.211 e. The van der Waals surface area contributed by atoms with Gasteiger partial charge in [0.2, 0.25) is 6.41 Å². The number of anilines is 2. The summed E-state index contributed by atoms with van der Waals surface area (Å²) in [5.74, 6) is 0. The summed E-state index contributed by atoms with van der Waals surface area (Å²) in [6.07, 6.45) is 0.649. The van der Waals surface area contributed by atoms with E-state index in [4.69, 9.17) is 23.2 Å². The predicted octanol–water partition coefficient (Wildman–Crippen LogP) is 4.68. The molecule has 2 aromatic rings. The van der Waals surface area contributed by atoms with Gasteiger partial charge < -0.3 is 10.0 Å². The van der Waals surface area contributed by atoms with Crippen LogP contribution in [0.15, 0.2) is 47.4 Å². The van der Waals surface area contributed by atoms with E-state index in [2.05, 4.69) is 10.0 Å². The molecule has 0 saturated carbocycles. The van der Waals surface area contributed by atoms with E-state index in [9.17, 15) is 4.79 Å². The van der Waals surface area contributed by atoms with Gasteiger partial charge in [-0.05, 0) is 54.4 Å². The highest BCUT2D eigenvalue weighted by atomic mass is 35.5. The van der Waals surface area contributed by atoms with Crippen molar-refractivity contribution in [2.45, 2.75) is 4.90 Å². The Morgan fingerprint density at radius 2 is 1.63 bits per heavy atom. The molecule has 98 valence electrons. The van der Waals surface area contributed by atoms with E-state index in [0.717, 1.165) is 16.3 Å². The van der Waals surface area contributed by atoms with Crippen molar-refractivity contribution in [2.24, 2.45) is 0 Å². The number of hydrogen-bond donors (Lipinski definition) is 2. The summed E-state index contributed by atoms with van der Waals surface area (Å²) in [6, 6.07) is 12.8. The minimum absolute atomic E-state index is 0.512. The van der Waals surface area contributed by atoms with Gasteiger partial charge in [0.05, 0.1) is 10.0 Å². The summed E-state index contributed by atoms with van der Waals surface area (Å²) in [5.41, 5.74) is 1.63. The van der Waals surface area contributed by atoms with Gasteiger partial charge in [-0.2, -0.15) is 0 Å². The molecule has 0 aliphatic rings. The molecule has 2 N–H and O–H groups in total. The van der Waals surface area contributed by atoms with Crippen molar-refractivity contribution in [3.05, 3.63) is 52.5 Å². The van der Waals surface area contributed by atoms with E-state index in [1.165, 1.54) is 11.9 Å². The normalized spacial score (nSPS) is 10.0. The lowest BCUT2D eigenvalue weighted by Crippen LogP contribution is -1.93. The zero-order valence-corrected chi connectivity index (χ0v) is 12.0. The van der Waals surface area contributed by atoms with Crippen LogP contribution in [0.1, 0.15) is 0 Å². The highest BCUT2D eigenvalue weighted by molar-refractivity contribution is 8.00. The second-order valence-corrected chi connectivity index (χ2v) is 5.31. The summed E-state index contributed by atoms with van der Waals surface area (Å²) in [5, 5.41) is 3.62. The lowest BCUT2D eigenvalue weighted by atomic mass is 10.3. The van der Waals surface area contributed by atoms with Crippen molar-refractivity contribution >= 4 is 52.9 Å². The van der Waals surface area contributed by atoms with Gasteiger partial charge in [-0.3, -0.25) is 4.79 Å². The molecule has 3 nitrogen and oxygen atoms in total. The summed E-state index contributed by atoms with van der Waals surface area (Å²) < 4.78 is 3.16. The smallest absolute Gasteiger partial charge is 0.211 e. The molecule has 0 unspecified atom stereocenters. The first kappa shape index (κ1) is 14.1. The molecule has 0 atom stereocenters. The van der Waals surface area contributed by atoms with Gasteiger partial charge >= 0.3 is 0 Å². The number of benzene rings is 2. The molecule has 0 aliphatic heterocycles. The Morgan fingerprint density at radius 1 is 0.947 bits per heavy atom. The van der Waals surface area contributed by atoms with Crippen molar-refractivity contribution in [3.8, 4) is 0 Å². The molecule has 2 rings (SSSR count). The van der Waals surface area contributed by atoms with Gasteiger partial charge in [-0.15, -0.1) is 0 Å². The number of rotatable bonds is 5. The molecule has 2 aromatic carbocycles. The largest absolute Gasteiger partial charge is 0.329 e. The van der Waals surface area contributed by atoms with Crippen LogP contribution in [0.5, 0.6) is 0 Å². The Hall–Kier alpha value is -1.36. The molecule has 6 heteroatoms. The Bertz CT molecular complexity index is 575. The quantitative estimate of drug-likeness (QED) is 0.622. The fraction of sp³-hybridized carbons (Fsp3) is 0. The van der Waals surface area contributed by atoms with E-state index >= 15 is 0 Å². The van der Waals surface area contributed by atoms with Crippen LogP contribution in [-0.2, 0) is 4.79 Å². The molecular weight excluding hydrogens is 303 g/mol. The zero-order chi connectivity index (χ0) is 13.7. The Labute approximate surface area is 125 Å².